The first-order valence-corrected chi connectivity index (χ1v) is 16.3. The van der Waals surface area contributed by atoms with Gasteiger partial charge in [0.2, 0.25) is 10.0 Å². The Kier molecular flexibility index (Phi) is 9.59. The third-order valence-electron chi connectivity index (χ3n) is 7.23. The van der Waals surface area contributed by atoms with E-state index in [-0.39, 0.29) is 16.9 Å². The third kappa shape index (κ3) is 7.65. The second-order valence-electron chi connectivity index (χ2n) is 11.8. The Morgan fingerprint density at radius 1 is 1.09 bits per heavy atom. The number of carbonyl (C=O) groups excluding carboxylic acids is 1. The summed E-state index contributed by atoms with van der Waals surface area (Å²) in [5.41, 5.74) is 11.3. The van der Waals surface area contributed by atoms with Crippen LogP contribution < -0.4 is 31.4 Å². The second kappa shape index (κ2) is 13.0. The average Bonchev–Trinajstić information content (AvgIpc) is 3.41. The molecule has 0 bridgehead atoms. The summed E-state index contributed by atoms with van der Waals surface area (Å²) in [7, 11) is -2.21. The van der Waals surface area contributed by atoms with E-state index in [0.717, 1.165) is 28.8 Å². The molecule has 0 unspecified atom stereocenters. The molecule has 0 saturated carbocycles. The molecule has 0 saturated heterocycles. The smallest absolute Gasteiger partial charge is 0.255 e. The normalized spacial score (nSPS) is 12.1. The number of nitrogens with zero attached hydrogens (tertiary/aromatic N) is 3. The van der Waals surface area contributed by atoms with E-state index in [4.69, 9.17) is 16.3 Å². The van der Waals surface area contributed by atoms with Gasteiger partial charge in [-0.05, 0) is 54.7 Å². The number of imidazole rings is 1. The van der Waals surface area contributed by atoms with Crippen molar-refractivity contribution in [2.24, 2.45) is 11.6 Å². The van der Waals surface area contributed by atoms with Crippen LogP contribution in [0.2, 0.25) is 0 Å². The fraction of sp³-hybridized carbons (Fsp3) is 0.273. The van der Waals surface area contributed by atoms with Gasteiger partial charge in [0.25, 0.3) is 5.91 Å². The standard InChI is InChI=1S/C33H41N7O4S/c1-8-39-29(19-36-31(39)22-12-10-9-11-13-22)25(34)20-40(35)28-16-23(15-14-21(28)2)32(41)37-26-17-24(33(3,4)5)18-27(30(26)44-6)38-45(7,42)43/h9-20,38H,8,34-35H2,1-7H3,(H,37,41)/b25-20-. The maximum atomic E-state index is 13.6. The molecule has 4 rings (SSSR count). The Hall–Kier alpha value is -4.81. The van der Waals surface area contributed by atoms with Crippen LogP contribution in [0.5, 0.6) is 5.75 Å². The van der Waals surface area contributed by atoms with E-state index < -0.39 is 15.9 Å². The van der Waals surface area contributed by atoms with Gasteiger partial charge < -0.3 is 20.4 Å². The Bertz CT molecular complexity index is 1840. The molecular weight excluding hydrogens is 590 g/mol. The number of hydrazine groups is 1. The van der Waals surface area contributed by atoms with Crippen molar-refractivity contribution in [3.05, 3.63) is 95.4 Å². The van der Waals surface area contributed by atoms with Crippen molar-refractivity contribution in [2.75, 3.05) is 28.4 Å². The molecule has 3 aromatic carbocycles. The number of amides is 1. The lowest BCUT2D eigenvalue weighted by Gasteiger charge is -2.24. The van der Waals surface area contributed by atoms with Crippen molar-refractivity contribution in [1.82, 2.24) is 9.55 Å². The second-order valence-corrected chi connectivity index (χ2v) is 13.5. The summed E-state index contributed by atoms with van der Waals surface area (Å²) in [5, 5.41) is 4.27. The van der Waals surface area contributed by atoms with Gasteiger partial charge in [-0.25, -0.2) is 19.2 Å². The summed E-state index contributed by atoms with van der Waals surface area (Å²) in [5.74, 6) is 7.03. The number of ether oxygens (including phenoxy) is 1. The first-order chi connectivity index (χ1) is 21.1. The first-order valence-electron chi connectivity index (χ1n) is 14.4. The molecule has 0 aliphatic carbocycles. The van der Waals surface area contributed by atoms with E-state index >= 15 is 0 Å². The van der Waals surface area contributed by atoms with Crippen LogP contribution in [0.3, 0.4) is 0 Å². The zero-order chi connectivity index (χ0) is 33.1. The first kappa shape index (κ1) is 33.1. The maximum absolute atomic E-state index is 13.6. The number of hydrogen-bond donors (Lipinski definition) is 4. The van der Waals surface area contributed by atoms with Gasteiger partial charge in [-0.2, -0.15) is 0 Å². The fourth-order valence-electron chi connectivity index (χ4n) is 4.90. The number of hydrogen-bond acceptors (Lipinski definition) is 8. The summed E-state index contributed by atoms with van der Waals surface area (Å²) in [6.07, 6.45) is 4.37. The number of aryl methyl sites for hydroxylation is 1. The summed E-state index contributed by atoms with van der Waals surface area (Å²) >= 11 is 0. The minimum atomic E-state index is -3.62. The van der Waals surface area contributed by atoms with Crippen molar-refractivity contribution in [3.8, 4) is 17.1 Å². The molecule has 238 valence electrons. The van der Waals surface area contributed by atoms with Gasteiger partial charge in [-0.1, -0.05) is 57.2 Å². The van der Waals surface area contributed by atoms with Crippen molar-refractivity contribution >= 4 is 38.7 Å². The highest BCUT2D eigenvalue weighted by Crippen LogP contribution is 2.39. The number of methoxy groups -OCH3 is 1. The van der Waals surface area contributed by atoms with Crippen LogP contribution in [-0.4, -0.2) is 37.2 Å². The summed E-state index contributed by atoms with van der Waals surface area (Å²) in [6.45, 7) is 10.5. The highest BCUT2D eigenvalue weighted by molar-refractivity contribution is 7.92. The van der Waals surface area contributed by atoms with Gasteiger partial charge in [-0.3, -0.25) is 14.5 Å². The van der Waals surface area contributed by atoms with Gasteiger partial charge in [-0.15, -0.1) is 0 Å². The predicted molar refractivity (Wildman–Crippen MR) is 181 cm³/mol. The SMILES string of the molecule is CCn1c(/C(N)=C/N(N)c2cc(C(=O)Nc3cc(C(C)(C)C)cc(NS(C)(=O)=O)c3OC)ccc2C)cnc1-c1ccccc1. The Morgan fingerprint density at radius 3 is 2.36 bits per heavy atom. The molecule has 0 aliphatic rings. The van der Waals surface area contributed by atoms with Gasteiger partial charge in [0.1, 0.15) is 5.82 Å². The number of carbonyl (C=O) groups is 1. The van der Waals surface area contributed by atoms with Gasteiger partial charge in [0.05, 0.1) is 48.0 Å². The zero-order valence-corrected chi connectivity index (χ0v) is 27.5. The van der Waals surface area contributed by atoms with Crippen molar-refractivity contribution in [3.63, 3.8) is 0 Å². The number of sulfonamides is 1. The minimum absolute atomic E-state index is 0.188. The number of anilines is 3. The van der Waals surface area contributed by atoms with Gasteiger partial charge >= 0.3 is 0 Å². The molecule has 11 nitrogen and oxygen atoms in total. The summed E-state index contributed by atoms with van der Waals surface area (Å²) in [6, 6.07) is 18.5. The van der Waals surface area contributed by atoms with Gasteiger partial charge in [0, 0.05) is 23.9 Å². The highest BCUT2D eigenvalue weighted by atomic mass is 32.2. The Labute approximate surface area is 264 Å². The minimum Gasteiger partial charge on any atom is -0.492 e. The Morgan fingerprint density at radius 2 is 1.76 bits per heavy atom. The monoisotopic (exact) mass is 631 g/mol. The topological polar surface area (TPSA) is 158 Å². The molecule has 4 aromatic rings. The molecular formula is C33H41N7O4S. The average molecular weight is 632 g/mol. The van der Waals surface area contributed by atoms with Crippen LogP contribution in [0.4, 0.5) is 17.1 Å². The molecule has 1 amide bonds. The quantitative estimate of drug-likeness (QED) is 0.133. The highest BCUT2D eigenvalue weighted by Gasteiger charge is 2.23. The number of nitrogens with two attached hydrogens (primary N) is 2. The molecule has 6 N–H and O–H groups in total. The number of rotatable bonds is 10. The van der Waals surface area contributed by atoms with Crippen LogP contribution in [0, 0.1) is 6.92 Å². The molecule has 12 heteroatoms. The predicted octanol–water partition coefficient (Wildman–Crippen LogP) is 5.45. The Balaban J connectivity index is 1.66. The van der Waals surface area contributed by atoms with Crippen molar-refractivity contribution in [2.45, 2.75) is 46.6 Å². The molecule has 0 fully saturated rings. The molecule has 1 aromatic heterocycles. The van der Waals surface area contributed by atoms with Crippen molar-refractivity contribution < 1.29 is 17.9 Å². The van der Waals surface area contributed by atoms with Crippen LogP contribution in [0.1, 0.15) is 54.9 Å². The van der Waals surface area contributed by atoms with Crippen LogP contribution in [0.15, 0.2) is 73.1 Å². The molecule has 45 heavy (non-hydrogen) atoms. The van der Waals surface area contributed by atoms with Crippen molar-refractivity contribution in [1.29, 1.82) is 0 Å². The molecule has 0 spiro atoms. The van der Waals surface area contributed by atoms with Crippen LogP contribution in [0.25, 0.3) is 17.1 Å². The zero-order valence-electron chi connectivity index (χ0n) is 26.7. The summed E-state index contributed by atoms with van der Waals surface area (Å²) < 4.78 is 34.2. The maximum Gasteiger partial charge on any atom is 0.255 e. The lowest BCUT2D eigenvalue weighted by molar-refractivity contribution is 0.102. The third-order valence-corrected chi connectivity index (χ3v) is 7.82. The number of nitrogens with one attached hydrogen (secondary N) is 2. The van der Waals surface area contributed by atoms with Crippen LogP contribution >= 0.6 is 0 Å². The lowest BCUT2D eigenvalue weighted by Crippen LogP contribution is -2.27. The molecule has 1 heterocycles. The largest absolute Gasteiger partial charge is 0.492 e. The lowest BCUT2D eigenvalue weighted by atomic mass is 9.86. The van der Waals surface area contributed by atoms with E-state index in [1.165, 1.54) is 12.1 Å². The molecule has 0 radical (unpaired) electrons. The summed E-state index contributed by atoms with van der Waals surface area (Å²) in [4.78, 5) is 18.2. The molecule has 0 aliphatic heterocycles. The van der Waals surface area contributed by atoms with E-state index in [2.05, 4.69) is 15.0 Å². The van der Waals surface area contributed by atoms with E-state index in [1.54, 1.807) is 42.7 Å². The number of aromatic nitrogens is 2. The van der Waals surface area contributed by atoms with E-state index in [0.29, 0.717) is 34.9 Å². The van der Waals surface area contributed by atoms with E-state index in [1.807, 2.05) is 69.5 Å². The van der Waals surface area contributed by atoms with Crippen LogP contribution in [-0.2, 0) is 22.0 Å². The van der Waals surface area contributed by atoms with E-state index in [9.17, 15) is 13.2 Å². The van der Waals surface area contributed by atoms with Gasteiger partial charge in [0.15, 0.2) is 5.75 Å². The fourth-order valence-corrected chi connectivity index (χ4v) is 5.45. The number of benzene rings is 3. The molecule has 0 atom stereocenters.